The van der Waals surface area contributed by atoms with Gasteiger partial charge in [-0.1, -0.05) is 44.4 Å². The van der Waals surface area contributed by atoms with Crippen molar-refractivity contribution in [2.75, 3.05) is 25.0 Å². The maximum atomic E-state index is 7.76. The molecule has 2 heterocycles. The second-order valence-corrected chi connectivity index (χ2v) is 8.89. The Labute approximate surface area is 218 Å². The predicted octanol–water partition coefficient (Wildman–Crippen LogP) is 6.72. The summed E-state index contributed by atoms with van der Waals surface area (Å²) in [5.41, 5.74) is 6.78. The standard InChI is InChI=1S/C31H43N5/c1-8-12-25(9-2)29(20-26(10-3)27(11-4)22-32)19-23(5)35-24(6)28-13-16-34-31(21-28)36-17-14-30(33-7)15-18-36/h9-13,16,19-22,30,32-33,35H,2,6,8,14-15,17-18H2,1,3-5,7H3/b23-19+,25-12+,26-10+,27-11+,29-20-,32-22?. The molecule has 192 valence electrons. The molecule has 5 nitrogen and oxygen atoms in total. The summed E-state index contributed by atoms with van der Waals surface area (Å²) in [6.45, 7) is 18.4. The monoisotopic (exact) mass is 485 g/mol. The summed E-state index contributed by atoms with van der Waals surface area (Å²) in [6, 6.07) is 4.70. The molecule has 0 spiro atoms. The van der Waals surface area contributed by atoms with Crippen molar-refractivity contribution in [1.29, 1.82) is 5.41 Å². The van der Waals surface area contributed by atoms with Crippen molar-refractivity contribution in [2.24, 2.45) is 0 Å². The lowest BCUT2D eigenvalue weighted by Crippen LogP contribution is -2.41. The molecule has 0 aromatic carbocycles. The fourth-order valence-corrected chi connectivity index (χ4v) is 4.34. The first-order valence-corrected chi connectivity index (χ1v) is 12.8. The number of allylic oxidation sites excluding steroid dienone is 11. The lowest BCUT2D eigenvalue weighted by atomic mass is 9.97. The molecule has 0 unspecified atom stereocenters. The number of pyridine rings is 1. The summed E-state index contributed by atoms with van der Waals surface area (Å²) in [7, 11) is 2.04. The minimum atomic E-state index is 0.587. The maximum absolute atomic E-state index is 7.76. The third-order valence-electron chi connectivity index (χ3n) is 6.44. The Bertz CT molecular complexity index is 1080. The Morgan fingerprint density at radius 2 is 1.83 bits per heavy atom. The van der Waals surface area contributed by atoms with E-state index >= 15 is 0 Å². The Balaban J connectivity index is 2.29. The van der Waals surface area contributed by atoms with Gasteiger partial charge in [-0.15, -0.1) is 0 Å². The quantitative estimate of drug-likeness (QED) is 0.227. The van der Waals surface area contributed by atoms with E-state index in [1.54, 1.807) is 0 Å². The maximum Gasteiger partial charge on any atom is 0.129 e. The van der Waals surface area contributed by atoms with Crippen molar-refractivity contribution >= 4 is 17.7 Å². The van der Waals surface area contributed by atoms with Crippen LogP contribution in [0.3, 0.4) is 0 Å². The third kappa shape index (κ3) is 8.06. The van der Waals surface area contributed by atoms with Gasteiger partial charge >= 0.3 is 0 Å². The van der Waals surface area contributed by atoms with Gasteiger partial charge in [0.2, 0.25) is 0 Å². The lowest BCUT2D eigenvalue weighted by Gasteiger charge is -2.32. The van der Waals surface area contributed by atoms with Crippen molar-refractivity contribution in [3.63, 3.8) is 0 Å². The predicted molar refractivity (Wildman–Crippen MR) is 157 cm³/mol. The van der Waals surface area contributed by atoms with Crippen LogP contribution in [0, 0.1) is 5.41 Å². The summed E-state index contributed by atoms with van der Waals surface area (Å²) >= 11 is 0. The second kappa shape index (κ2) is 14.8. The average Bonchev–Trinajstić information content (AvgIpc) is 2.91. The first kappa shape index (κ1) is 28.8. The van der Waals surface area contributed by atoms with Gasteiger partial charge in [-0.3, -0.25) is 0 Å². The molecule has 5 heteroatoms. The highest BCUT2D eigenvalue weighted by Crippen LogP contribution is 2.23. The molecule has 0 saturated carbocycles. The SMILES string of the molecule is C=CC(=C\CC)/C(=C\C(=C/C)C(\C=N)=C\C)/C=C(\C)NC(=C)c1ccnc(N2CCC(NC)CC2)c1. The van der Waals surface area contributed by atoms with Gasteiger partial charge in [-0.05, 0) is 93.7 Å². The van der Waals surface area contributed by atoms with Gasteiger partial charge in [0, 0.05) is 48.5 Å². The minimum absolute atomic E-state index is 0.587. The Morgan fingerprint density at radius 3 is 2.39 bits per heavy atom. The van der Waals surface area contributed by atoms with Crippen molar-refractivity contribution < 1.29 is 0 Å². The zero-order valence-corrected chi connectivity index (χ0v) is 22.7. The molecule has 0 aliphatic carbocycles. The number of hydrogen-bond acceptors (Lipinski definition) is 5. The van der Waals surface area contributed by atoms with E-state index in [0.717, 1.165) is 77.4 Å². The van der Waals surface area contributed by atoms with Crippen LogP contribution in [-0.2, 0) is 0 Å². The molecule has 0 radical (unpaired) electrons. The molecule has 2 rings (SSSR count). The number of piperidine rings is 1. The van der Waals surface area contributed by atoms with Gasteiger partial charge in [-0.25, -0.2) is 4.98 Å². The van der Waals surface area contributed by atoms with E-state index in [1.807, 2.05) is 58.3 Å². The third-order valence-corrected chi connectivity index (χ3v) is 6.44. The average molecular weight is 486 g/mol. The first-order chi connectivity index (χ1) is 17.4. The summed E-state index contributed by atoms with van der Waals surface area (Å²) in [4.78, 5) is 6.97. The molecule has 1 aliphatic heterocycles. The molecule has 1 saturated heterocycles. The number of rotatable bonds is 12. The number of nitrogens with zero attached hydrogens (tertiary/aromatic N) is 2. The summed E-state index contributed by atoms with van der Waals surface area (Å²) < 4.78 is 0. The number of hydrogen-bond donors (Lipinski definition) is 3. The van der Waals surface area contributed by atoms with Crippen molar-refractivity contribution in [2.45, 2.75) is 53.0 Å². The molecule has 36 heavy (non-hydrogen) atoms. The zero-order chi connectivity index (χ0) is 26.5. The highest BCUT2D eigenvalue weighted by atomic mass is 15.2. The van der Waals surface area contributed by atoms with Crippen LogP contribution in [0.4, 0.5) is 5.82 Å². The minimum Gasteiger partial charge on any atom is -0.359 e. The van der Waals surface area contributed by atoms with Crippen LogP contribution >= 0.6 is 0 Å². The van der Waals surface area contributed by atoms with Crippen LogP contribution in [0.1, 0.15) is 52.5 Å². The Morgan fingerprint density at radius 1 is 1.14 bits per heavy atom. The van der Waals surface area contributed by atoms with Gasteiger partial charge in [0.05, 0.1) is 0 Å². The van der Waals surface area contributed by atoms with E-state index < -0.39 is 0 Å². The second-order valence-electron chi connectivity index (χ2n) is 8.89. The summed E-state index contributed by atoms with van der Waals surface area (Å²) in [5, 5.41) is 14.6. The molecule has 1 fully saturated rings. The van der Waals surface area contributed by atoms with Crippen LogP contribution in [-0.4, -0.2) is 37.4 Å². The molecule has 1 aromatic rings. The van der Waals surface area contributed by atoms with Gasteiger partial charge < -0.3 is 20.9 Å². The van der Waals surface area contributed by atoms with E-state index in [0.29, 0.717) is 6.04 Å². The molecule has 0 atom stereocenters. The smallest absolute Gasteiger partial charge is 0.129 e. The number of aromatic nitrogens is 1. The molecule has 1 aliphatic rings. The van der Waals surface area contributed by atoms with Crippen LogP contribution in [0.15, 0.2) is 95.9 Å². The fraction of sp³-hybridized carbons (Fsp3) is 0.355. The van der Waals surface area contributed by atoms with E-state index in [1.165, 1.54) is 6.21 Å². The molecule has 1 aromatic heterocycles. The number of nitrogens with one attached hydrogen (secondary N) is 3. The largest absolute Gasteiger partial charge is 0.359 e. The first-order valence-electron chi connectivity index (χ1n) is 12.8. The van der Waals surface area contributed by atoms with Crippen molar-refractivity contribution in [3.05, 3.63) is 101 Å². The van der Waals surface area contributed by atoms with E-state index in [9.17, 15) is 0 Å². The van der Waals surface area contributed by atoms with Crippen molar-refractivity contribution in [1.82, 2.24) is 15.6 Å². The Hall–Kier alpha value is -3.44. The fourth-order valence-electron chi connectivity index (χ4n) is 4.34. The molecule has 0 bridgehead atoms. The molecular weight excluding hydrogens is 442 g/mol. The summed E-state index contributed by atoms with van der Waals surface area (Å²) in [6.07, 6.45) is 18.6. The molecule has 0 amide bonds. The lowest BCUT2D eigenvalue weighted by molar-refractivity contribution is 0.441. The van der Waals surface area contributed by atoms with Crippen LogP contribution in [0.25, 0.3) is 5.70 Å². The van der Waals surface area contributed by atoms with Crippen molar-refractivity contribution in [3.8, 4) is 0 Å². The van der Waals surface area contributed by atoms with Gasteiger partial charge in [0.1, 0.15) is 5.82 Å². The highest BCUT2D eigenvalue weighted by Gasteiger charge is 2.19. The molecule has 3 N–H and O–H groups in total. The van der Waals surface area contributed by atoms with E-state index in [2.05, 4.69) is 64.9 Å². The Kier molecular flexibility index (Phi) is 11.9. The van der Waals surface area contributed by atoms with Gasteiger partial charge in [0.15, 0.2) is 0 Å². The highest BCUT2D eigenvalue weighted by molar-refractivity contribution is 5.84. The van der Waals surface area contributed by atoms with Crippen LogP contribution in [0.2, 0.25) is 0 Å². The van der Waals surface area contributed by atoms with Crippen LogP contribution in [0.5, 0.6) is 0 Å². The normalized spacial score (nSPS) is 16.7. The van der Waals surface area contributed by atoms with E-state index in [4.69, 9.17) is 5.41 Å². The van der Waals surface area contributed by atoms with Crippen LogP contribution < -0.4 is 15.5 Å². The topological polar surface area (TPSA) is 64.0 Å². The zero-order valence-electron chi connectivity index (χ0n) is 22.7. The van der Waals surface area contributed by atoms with Gasteiger partial charge in [0.25, 0.3) is 0 Å². The van der Waals surface area contributed by atoms with E-state index in [-0.39, 0.29) is 0 Å². The summed E-state index contributed by atoms with van der Waals surface area (Å²) in [5.74, 6) is 0.996. The number of anilines is 1. The van der Waals surface area contributed by atoms with Gasteiger partial charge in [-0.2, -0.15) is 0 Å². The molecular formula is C31H43N5.